The maximum absolute atomic E-state index is 13.6. The summed E-state index contributed by atoms with van der Waals surface area (Å²) in [5.41, 5.74) is 5.09. The van der Waals surface area contributed by atoms with E-state index < -0.39 is 0 Å². The summed E-state index contributed by atoms with van der Waals surface area (Å²) in [5.74, 6) is 1.69. The first-order valence-corrected chi connectivity index (χ1v) is 11.9. The Labute approximate surface area is 214 Å². The minimum Gasteiger partial charge on any atom is -0.497 e. The van der Waals surface area contributed by atoms with E-state index in [9.17, 15) is 9.59 Å². The fourth-order valence-corrected chi connectivity index (χ4v) is 4.26. The first-order chi connectivity index (χ1) is 17.9. The molecule has 3 heterocycles. The molecule has 9 heteroatoms. The molecule has 2 aromatic heterocycles. The Balaban J connectivity index is 1.55. The molecule has 5 rings (SSSR count). The van der Waals surface area contributed by atoms with Crippen molar-refractivity contribution in [2.24, 2.45) is 0 Å². The lowest BCUT2D eigenvalue weighted by molar-refractivity contribution is -0.121. The van der Waals surface area contributed by atoms with Crippen LogP contribution in [0.3, 0.4) is 0 Å². The number of amides is 2. The Morgan fingerprint density at radius 1 is 1.14 bits per heavy atom. The molecular formula is C28H27N5O4. The van der Waals surface area contributed by atoms with Crippen molar-refractivity contribution in [1.82, 2.24) is 20.1 Å². The number of benzene rings is 2. The molecule has 0 atom stereocenters. The van der Waals surface area contributed by atoms with Gasteiger partial charge in [-0.05, 0) is 47.9 Å². The van der Waals surface area contributed by atoms with Crippen molar-refractivity contribution in [2.75, 3.05) is 19.1 Å². The average Bonchev–Trinajstić information content (AvgIpc) is 3.53. The fraction of sp³-hybridized carbons (Fsp3) is 0.214. The molecule has 0 spiro atoms. The molecule has 0 fully saturated rings. The molecule has 37 heavy (non-hydrogen) atoms. The fourth-order valence-electron chi connectivity index (χ4n) is 4.26. The number of aryl methyl sites for hydroxylation is 1. The largest absolute Gasteiger partial charge is 0.497 e. The van der Waals surface area contributed by atoms with Crippen LogP contribution in [0.25, 0.3) is 22.8 Å². The zero-order chi connectivity index (χ0) is 25.9. The van der Waals surface area contributed by atoms with Crippen molar-refractivity contribution >= 4 is 29.2 Å². The van der Waals surface area contributed by atoms with Crippen LogP contribution in [0.1, 0.15) is 29.2 Å². The van der Waals surface area contributed by atoms with E-state index in [0.717, 1.165) is 39.3 Å². The van der Waals surface area contributed by atoms with E-state index in [-0.39, 0.29) is 24.8 Å². The van der Waals surface area contributed by atoms with Gasteiger partial charge in [0.15, 0.2) is 0 Å². The second-order valence-corrected chi connectivity index (χ2v) is 8.82. The summed E-state index contributed by atoms with van der Waals surface area (Å²) < 4.78 is 12.6. The number of fused-ring (bicyclic) bond motifs is 1. The van der Waals surface area contributed by atoms with Crippen LogP contribution < -0.4 is 15.0 Å². The standard InChI is InChI=1S/C28H27N5O4/c1-18-13-30-28(37-18)22-10-21-7-6-20(23-14-31-32(16-23)17-26(34)29-2)11-25(21)33(27(35)12-22)15-19-4-8-24(36-3)9-5-19/h4-11,13-14,16H,12,15,17H2,1-3H3,(H,29,34). The van der Waals surface area contributed by atoms with Gasteiger partial charge in [-0.25, -0.2) is 4.98 Å². The number of aromatic nitrogens is 3. The summed E-state index contributed by atoms with van der Waals surface area (Å²) in [6.45, 7) is 2.35. The van der Waals surface area contributed by atoms with E-state index in [2.05, 4.69) is 15.4 Å². The lowest BCUT2D eigenvalue weighted by Gasteiger charge is -2.24. The monoisotopic (exact) mass is 497 g/mol. The summed E-state index contributed by atoms with van der Waals surface area (Å²) in [6, 6.07) is 13.6. The van der Waals surface area contributed by atoms with E-state index >= 15 is 0 Å². The van der Waals surface area contributed by atoms with Gasteiger partial charge in [-0.15, -0.1) is 0 Å². The number of nitrogens with one attached hydrogen (secondary N) is 1. The highest BCUT2D eigenvalue weighted by atomic mass is 16.5. The van der Waals surface area contributed by atoms with Crippen molar-refractivity contribution in [3.8, 4) is 16.9 Å². The lowest BCUT2D eigenvalue weighted by atomic mass is 10.0. The van der Waals surface area contributed by atoms with Crippen LogP contribution >= 0.6 is 0 Å². The highest BCUT2D eigenvalue weighted by Crippen LogP contribution is 2.36. The van der Waals surface area contributed by atoms with Gasteiger partial charge in [-0.3, -0.25) is 14.3 Å². The van der Waals surface area contributed by atoms with Crippen LogP contribution in [-0.2, 0) is 22.7 Å². The number of carbonyl (C=O) groups is 2. The molecule has 0 saturated heterocycles. The third-order valence-electron chi connectivity index (χ3n) is 6.24. The Hall–Kier alpha value is -4.66. The summed E-state index contributed by atoms with van der Waals surface area (Å²) in [4.78, 5) is 31.5. The molecule has 0 radical (unpaired) electrons. The topological polar surface area (TPSA) is 102 Å². The second-order valence-electron chi connectivity index (χ2n) is 8.82. The Kier molecular flexibility index (Phi) is 6.59. The van der Waals surface area contributed by atoms with Crippen LogP contribution in [0.2, 0.25) is 0 Å². The number of methoxy groups -OCH3 is 1. The molecule has 188 valence electrons. The molecule has 9 nitrogen and oxygen atoms in total. The number of rotatable bonds is 7. The third kappa shape index (κ3) is 5.16. The normalized spacial score (nSPS) is 13.1. The molecule has 0 unspecified atom stereocenters. The summed E-state index contributed by atoms with van der Waals surface area (Å²) in [7, 11) is 3.22. The van der Waals surface area contributed by atoms with Gasteiger partial charge in [-0.2, -0.15) is 5.10 Å². The zero-order valence-electron chi connectivity index (χ0n) is 20.9. The number of nitrogens with zero attached hydrogens (tertiary/aromatic N) is 4. The first kappa shape index (κ1) is 24.1. The number of anilines is 1. The number of ether oxygens (including phenoxy) is 1. The second kappa shape index (κ2) is 10.1. The van der Waals surface area contributed by atoms with Crippen LogP contribution in [0, 0.1) is 6.92 Å². The maximum atomic E-state index is 13.6. The minimum absolute atomic E-state index is 0.0656. The summed E-state index contributed by atoms with van der Waals surface area (Å²) in [6.07, 6.45) is 7.31. The van der Waals surface area contributed by atoms with Crippen LogP contribution in [0.5, 0.6) is 5.75 Å². The average molecular weight is 498 g/mol. The van der Waals surface area contributed by atoms with E-state index in [0.29, 0.717) is 18.2 Å². The van der Waals surface area contributed by atoms with Crippen LogP contribution in [0.15, 0.2) is 65.5 Å². The van der Waals surface area contributed by atoms with Crippen molar-refractivity contribution in [3.05, 3.63) is 83.8 Å². The molecule has 1 aliphatic heterocycles. The molecular weight excluding hydrogens is 470 g/mol. The SMILES string of the molecule is CNC(=O)Cn1cc(-c2ccc3c(c2)N(Cc2ccc(OC)cc2)C(=O)CC(c2ncc(C)o2)=C3)cn1. The van der Waals surface area contributed by atoms with Crippen molar-refractivity contribution in [3.63, 3.8) is 0 Å². The predicted molar refractivity (Wildman–Crippen MR) is 140 cm³/mol. The zero-order valence-corrected chi connectivity index (χ0v) is 20.9. The number of carbonyl (C=O) groups excluding carboxylic acids is 2. The Morgan fingerprint density at radius 3 is 2.65 bits per heavy atom. The summed E-state index contributed by atoms with van der Waals surface area (Å²) >= 11 is 0. The number of likely N-dealkylation sites (N-methyl/N-ethyl adjacent to an activating group) is 1. The molecule has 0 bridgehead atoms. The summed E-state index contributed by atoms with van der Waals surface area (Å²) in [5, 5.41) is 6.91. The molecule has 2 aromatic carbocycles. The molecule has 2 amide bonds. The quantitative estimate of drug-likeness (QED) is 0.413. The van der Waals surface area contributed by atoms with Gasteiger partial charge in [0.1, 0.15) is 18.1 Å². The molecule has 4 aromatic rings. The van der Waals surface area contributed by atoms with Gasteiger partial charge in [0.25, 0.3) is 0 Å². The van der Waals surface area contributed by atoms with Gasteiger partial charge in [0.05, 0.1) is 38.2 Å². The van der Waals surface area contributed by atoms with Gasteiger partial charge < -0.3 is 19.4 Å². The first-order valence-electron chi connectivity index (χ1n) is 11.9. The van der Waals surface area contributed by atoms with E-state index in [1.807, 2.05) is 61.7 Å². The number of oxazole rings is 1. The van der Waals surface area contributed by atoms with Crippen LogP contribution in [0.4, 0.5) is 5.69 Å². The van der Waals surface area contributed by atoms with Gasteiger partial charge in [-0.1, -0.05) is 24.3 Å². The van der Waals surface area contributed by atoms with E-state index in [1.54, 1.807) is 36.1 Å². The van der Waals surface area contributed by atoms with Gasteiger partial charge in [0.2, 0.25) is 17.7 Å². The smallest absolute Gasteiger partial charge is 0.241 e. The van der Waals surface area contributed by atoms with E-state index in [1.165, 1.54) is 0 Å². The Morgan fingerprint density at radius 2 is 1.95 bits per heavy atom. The van der Waals surface area contributed by atoms with Crippen molar-refractivity contribution in [1.29, 1.82) is 0 Å². The highest BCUT2D eigenvalue weighted by molar-refractivity contribution is 6.06. The number of hydrogen-bond acceptors (Lipinski definition) is 6. The Bertz CT molecular complexity index is 1480. The molecule has 0 aliphatic carbocycles. The maximum Gasteiger partial charge on any atom is 0.241 e. The predicted octanol–water partition coefficient (Wildman–Crippen LogP) is 4.08. The molecule has 1 N–H and O–H groups in total. The molecule has 0 saturated carbocycles. The third-order valence-corrected chi connectivity index (χ3v) is 6.24. The van der Waals surface area contributed by atoms with Crippen molar-refractivity contribution < 1.29 is 18.7 Å². The van der Waals surface area contributed by atoms with Gasteiger partial charge in [0, 0.05) is 24.4 Å². The van der Waals surface area contributed by atoms with E-state index in [4.69, 9.17) is 9.15 Å². The van der Waals surface area contributed by atoms with Crippen LogP contribution in [-0.4, -0.2) is 40.7 Å². The minimum atomic E-state index is -0.132. The van der Waals surface area contributed by atoms with Gasteiger partial charge >= 0.3 is 0 Å². The molecule has 1 aliphatic rings. The highest BCUT2D eigenvalue weighted by Gasteiger charge is 2.26. The number of hydrogen-bond donors (Lipinski definition) is 1. The lowest BCUT2D eigenvalue weighted by Crippen LogP contribution is -2.30. The van der Waals surface area contributed by atoms with Crippen molar-refractivity contribution in [2.45, 2.75) is 26.4 Å².